The molecular formula is C30H31N. The van der Waals surface area contributed by atoms with E-state index in [1.807, 2.05) is 0 Å². The molecule has 4 rings (SSSR count). The molecule has 1 nitrogen and oxygen atoms in total. The first kappa shape index (κ1) is 20.9. The average molecular weight is 406 g/mol. The fourth-order valence-electron chi connectivity index (χ4n) is 4.11. The summed E-state index contributed by atoms with van der Waals surface area (Å²) in [5.41, 5.74) is 13.1. The molecule has 0 saturated heterocycles. The van der Waals surface area contributed by atoms with E-state index in [1.54, 1.807) is 0 Å². The first-order valence-electron chi connectivity index (χ1n) is 11.0. The minimum absolute atomic E-state index is 0.972. The van der Waals surface area contributed by atoms with Crippen molar-refractivity contribution in [3.05, 3.63) is 129 Å². The van der Waals surface area contributed by atoms with Gasteiger partial charge in [-0.05, 0) is 98.2 Å². The monoisotopic (exact) mass is 405 g/mol. The van der Waals surface area contributed by atoms with Gasteiger partial charge in [-0.15, -0.1) is 0 Å². The largest absolute Gasteiger partial charge is 0.356 e. The molecule has 0 amide bonds. The summed E-state index contributed by atoms with van der Waals surface area (Å²) in [7, 11) is 0. The standard InChI is InChI=1S/C30H31N/c1-21-5-11-27(23(3)17-21)19-25-7-13-29(14-8-25)31-30-15-9-26(10-16-30)20-28-12-6-22(2)18-24(28)4/h5-18,31H,19-20H2,1-4H3. The van der Waals surface area contributed by atoms with Crippen LogP contribution in [0.2, 0.25) is 0 Å². The zero-order chi connectivity index (χ0) is 21.8. The van der Waals surface area contributed by atoms with Gasteiger partial charge in [-0.2, -0.15) is 0 Å². The lowest BCUT2D eigenvalue weighted by atomic mass is 9.98. The maximum atomic E-state index is 3.52. The van der Waals surface area contributed by atoms with Crippen molar-refractivity contribution in [3.8, 4) is 0 Å². The van der Waals surface area contributed by atoms with Gasteiger partial charge in [0.05, 0.1) is 0 Å². The van der Waals surface area contributed by atoms with Crippen molar-refractivity contribution in [1.29, 1.82) is 0 Å². The molecule has 0 aliphatic heterocycles. The molecule has 0 aromatic heterocycles. The lowest BCUT2D eigenvalue weighted by molar-refractivity contribution is 1.15. The van der Waals surface area contributed by atoms with Crippen LogP contribution < -0.4 is 5.32 Å². The lowest BCUT2D eigenvalue weighted by Crippen LogP contribution is -1.95. The van der Waals surface area contributed by atoms with E-state index >= 15 is 0 Å². The van der Waals surface area contributed by atoms with Crippen molar-refractivity contribution < 1.29 is 0 Å². The Bertz CT molecular complexity index is 1070. The number of nitrogens with one attached hydrogen (secondary N) is 1. The Labute approximate surface area is 186 Å². The molecule has 0 radical (unpaired) electrons. The summed E-state index contributed by atoms with van der Waals surface area (Å²) < 4.78 is 0. The molecule has 1 heteroatoms. The highest BCUT2D eigenvalue weighted by molar-refractivity contribution is 5.60. The smallest absolute Gasteiger partial charge is 0.0384 e. The Morgan fingerprint density at radius 2 is 0.871 bits per heavy atom. The highest BCUT2D eigenvalue weighted by Crippen LogP contribution is 2.22. The van der Waals surface area contributed by atoms with E-state index < -0.39 is 0 Å². The summed E-state index contributed by atoms with van der Waals surface area (Å²) in [4.78, 5) is 0. The highest BCUT2D eigenvalue weighted by atomic mass is 14.9. The van der Waals surface area contributed by atoms with Gasteiger partial charge in [-0.3, -0.25) is 0 Å². The predicted octanol–water partition coefficient (Wildman–Crippen LogP) is 7.85. The van der Waals surface area contributed by atoms with Crippen molar-refractivity contribution in [2.24, 2.45) is 0 Å². The summed E-state index contributed by atoms with van der Waals surface area (Å²) >= 11 is 0. The number of anilines is 2. The fraction of sp³-hybridized carbons (Fsp3) is 0.200. The first-order chi connectivity index (χ1) is 15.0. The molecule has 156 valence electrons. The third-order valence-electron chi connectivity index (χ3n) is 5.98. The van der Waals surface area contributed by atoms with Gasteiger partial charge >= 0.3 is 0 Å². The van der Waals surface area contributed by atoms with Crippen LogP contribution in [0.1, 0.15) is 44.5 Å². The number of rotatable bonds is 6. The van der Waals surface area contributed by atoms with E-state index in [9.17, 15) is 0 Å². The van der Waals surface area contributed by atoms with Crippen LogP contribution in [0.4, 0.5) is 11.4 Å². The molecule has 1 N–H and O–H groups in total. The van der Waals surface area contributed by atoms with E-state index in [4.69, 9.17) is 0 Å². The van der Waals surface area contributed by atoms with Gasteiger partial charge in [0.15, 0.2) is 0 Å². The molecule has 0 unspecified atom stereocenters. The quantitative estimate of drug-likeness (QED) is 0.344. The van der Waals surface area contributed by atoms with Gasteiger partial charge in [0.2, 0.25) is 0 Å². The summed E-state index contributed by atoms with van der Waals surface area (Å²) in [6, 6.07) is 31.0. The molecular weight excluding hydrogens is 374 g/mol. The maximum Gasteiger partial charge on any atom is 0.0384 e. The van der Waals surface area contributed by atoms with Crippen LogP contribution in [0, 0.1) is 27.7 Å². The second kappa shape index (κ2) is 9.22. The molecule has 0 aliphatic carbocycles. The number of aryl methyl sites for hydroxylation is 4. The van der Waals surface area contributed by atoms with Gasteiger partial charge < -0.3 is 5.32 Å². The molecule has 0 aliphatic rings. The van der Waals surface area contributed by atoms with Crippen molar-refractivity contribution >= 4 is 11.4 Å². The maximum absolute atomic E-state index is 3.52. The molecule has 0 fully saturated rings. The summed E-state index contributed by atoms with van der Waals surface area (Å²) in [6.45, 7) is 8.69. The van der Waals surface area contributed by atoms with Crippen molar-refractivity contribution in [3.63, 3.8) is 0 Å². The minimum atomic E-state index is 0.972. The van der Waals surface area contributed by atoms with E-state index in [1.165, 1.54) is 44.5 Å². The van der Waals surface area contributed by atoms with Gasteiger partial charge in [-0.25, -0.2) is 0 Å². The predicted molar refractivity (Wildman–Crippen MR) is 134 cm³/mol. The zero-order valence-corrected chi connectivity index (χ0v) is 19.0. The normalized spacial score (nSPS) is 10.8. The molecule has 31 heavy (non-hydrogen) atoms. The van der Waals surface area contributed by atoms with E-state index in [0.717, 1.165) is 24.2 Å². The summed E-state index contributed by atoms with van der Waals surface area (Å²) in [5.74, 6) is 0. The van der Waals surface area contributed by atoms with E-state index in [-0.39, 0.29) is 0 Å². The second-order valence-corrected chi connectivity index (χ2v) is 8.73. The lowest BCUT2D eigenvalue weighted by Gasteiger charge is -2.11. The van der Waals surface area contributed by atoms with Crippen molar-refractivity contribution in [2.45, 2.75) is 40.5 Å². The first-order valence-corrected chi connectivity index (χ1v) is 11.0. The molecule has 0 spiro atoms. The third kappa shape index (κ3) is 5.44. The van der Waals surface area contributed by atoms with Crippen LogP contribution in [0.5, 0.6) is 0 Å². The Balaban J connectivity index is 1.39. The van der Waals surface area contributed by atoms with Crippen LogP contribution in [0.3, 0.4) is 0 Å². The average Bonchev–Trinajstić information content (AvgIpc) is 2.75. The van der Waals surface area contributed by atoms with E-state index in [0.29, 0.717) is 0 Å². The Kier molecular flexibility index (Phi) is 6.23. The summed E-state index contributed by atoms with van der Waals surface area (Å²) in [5, 5.41) is 3.52. The number of hydrogen-bond donors (Lipinski definition) is 1. The third-order valence-corrected chi connectivity index (χ3v) is 5.98. The summed E-state index contributed by atoms with van der Waals surface area (Å²) in [6.07, 6.45) is 1.94. The van der Waals surface area contributed by atoms with Crippen LogP contribution >= 0.6 is 0 Å². The molecule has 0 bridgehead atoms. The SMILES string of the molecule is Cc1ccc(Cc2ccc(Nc3ccc(Cc4ccc(C)cc4C)cc3)cc2)c(C)c1. The molecule has 0 atom stereocenters. The number of hydrogen-bond acceptors (Lipinski definition) is 1. The molecule has 0 saturated carbocycles. The van der Waals surface area contributed by atoms with Crippen LogP contribution in [-0.2, 0) is 12.8 Å². The van der Waals surface area contributed by atoms with E-state index in [2.05, 4.69) is 118 Å². The Morgan fingerprint density at radius 3 is 1.23 bits per heavy atom. The topological polar surface area (TPSA) is 12.0 Å². The van der Waals surface area contributed by atoms with Gasteiger partial charge in [0, 0.05) is 11.4 Å². The van der Waals surface area contributed by atoms with Gasteiger partial charge in [-0.1, -0.05) is 71.8 Å². The van der Waals surface area contributed by atoms with Crippen LogP contribution in [0.25, 0.3) is 0 Å². The van der Waals surface area contributed by atoms with Gasteiger partial charge in [0.25, 0.3) is 0 Å². The molecule has 4 aromatic carbocycles. The molecule has 0 heterocycles. The van der Waals surface area contributed by atoms with Crippen molar-refractivity contribution in [2.75, 3.05) is 5.32 Å². The highest BCUT2D eigenvalue weighted by Gasteiger charge is 2.03. The minimum Gasteiger partial charge on any atom is -0.356 e. The van der Waals surface area contributed by atoms with Crippen LogP contribution in [0.15, 0.2) is 84.9 Å². The van der Waals surface area contributed by atoms with Crippen LogP contribution in [-0.4, -0.2) is 0 Å². The number of benzene rings is 4. The van der Waals surface area contributed by atoms with Crippen molar-refractivity contribution in [1.82, 2.24) is 0 Å². The fourth-order valence-corrected chi connectivity index (χ4v) is 4.11. The second-order valence-electron chi connectivity index (χ2n) is 8.73. The van der Waals surface area contributed by atoms with Gasteiger partial charge in [0.1, 0.15) is 0 Å². The Hall–Kier alpha value is -3.32. The zero-order valence-electron chi connectivity index (χ0n) is 19.0. The Morgan fingerprint density at radius 1 is 0.484 bits per heavy atom. The molecule has 4 aromatic rings.